The number of piperidine rings is 1. The van der Waals surface area contributed by atoms with E-state index in [0.717, 1.165) is 49.9 Å². The van der Waals surface area contributed by atoms with E-state index in [0.29, 0.717) is 11.5 Å². The maximum atomic E-state index is 9.34. The van der Waals surface area contributed by atoms with Crippen LogP contribution in [-0.4, -0.2) is 27.6 Å². The first-order chi connectivity index (χ1) is 11.7. The summed E-state index contributed by atoms with van der Waals surface area (Å²) in [5, 5.41) is 9.34. The van der Waals surface area contributed by atoms with Crippen LogP contribution in [0, 0.1) is 24.2 Å². The SMILES string of the molecule is Cc1ccc(C#N)c(N2CCC(c3nccn3CC3CC3)CC2)n1. The van der Waals surface area contributed by atoms with Crippen molar-refractivity contribution in [2.24, 2.45) is 5.92 Å². The zero-order valence-corrected chi connectivity index (χ0v) is 14.1. The van der Waals surface area contributed by atoms with Gasteiger partial charge in [0.05, 0.1) is 5.56 Å². The highest BCUT2D eigenvalue weighted by Crippen LogP contribution is 2.34. The van der Waals surface area contributed by atoms with Gasteiger partial charge in [0.2, 0.25) is 0 Å². The van der Waals surface area contributed by atoms with E-state index in [1.54, 1.807) is 0 Å². The zero-order chi connectivity index (χ0) is 16.5. The normalized spacial score (nSPS) is 18.6. The Balaban J connectivity index is 1.46. The highest BCUT2D eigenvalue weighted by atomic mass is 15.2. The van der Waals surface area contributed by atoms with Gasteiger partial charge in [-0.05, 0) is 50.7 Å². The molecule has 0 spiro atoms. The van der Waals surface area contributed by atoms with Crippen molar-refractivity contribution in [3.63, 3.8) is 0 Å². The summed E-state index contributed by atoms with van der Waals surface area (Å²) in [7, 11) is 0. The van der Waals surface area contributed by atoms with E-state index in [1.165, 1.54) is 18.7 Å². The monoisotopic (exact) mass is 321 g/mol. The molecule has 0 atom stereocenters. The number of aryl methyl sites for hydroxylation is 1. The summed E-state index contributed by atoms with van der Waals surface area (Å²) in [4.78, 5) is 11.5. The number of hydrogen-bond donors (Lipinski definition) is 0. The molecule has 0 aromatic carbocycles. The van der Waals surface area contributed by atoms with Gasteiger partial charge in [-0.15, -0.1) is 0 Å². The maximum absolute atomic E-state index is 9.34. The Morgan fingerprint density at radius 3 is 2.71 bits per heavy atom. The second kappa shape index (κ2) is 6.27. The fourth-order valence-electron chi connectivity index (χ4n) is 3.63. The predicted molar refractivity (Wildman–Crippen MR) is 92.8 cm³/mol. The quantitative estimate of drug-likeness (QED) is 0.867. The topological polar surface area (TPSA) is 57.7 Å². The average molecular weight is 321 g/mol. The molecule has 0 bridgehead atoms. The van der Waals surface area contributed by atoms with Crippen LogP contribution in [-0.2, 0) is 6.54 Å². The molecule has 1 saturated heterocycles. The van der Waals surface area contributed by atoms with E-state index >= 15 is 0 Å². The van der Waals surface area contributed by atoms with Gasteiger partial charge in [0.25, 0.3) is 0 Å². The lowest BCUT2D eigenvalue weighted by Gasteiger charge is -2.33. The van der Waals surface area contributed by atoms with Crippen LogP contribution in [0.5, 0.6) is 0 Å². The first-order valence-electron chi connectivity index (χ1n) is 8.88. The Bertz CT molecular complexity index is 760. The van der Waals surface area contributed by atoms with E-state index in [1.807, 2.05) is 25.3 Å². The Kier molecular flexibility index (Phi) is 3.97. The van der Waals surface area contributed by atoms with Crippen LogP contribution in [0.15, 0.2) is 24.5 Å². The van der Waals surface area contributed by atoms with Crippen LogP contribution in [0.2, 0.25) is 0 Å². The second-order valence-corrected chi connectivity index (χ2v) is 7.08. The van der Waals surface area contributed by atoms with Crippen molar-refractivity contribution >= 4 is 5.82 Å². The summed E-state index contributed by atoms with van der Waals surface area (Å²) in [6.07, 6.45) is 8.96. The smallest absolute Gasteiger partial charge is 0.146 e. The van der Waals surface area contributed by atoms with Gasteiger partial charge >= 0.3 is 0 Å². The number of imidazole rings is 1. The fraction of sp³-hybridized carbons (Fsp3) is 0.526. The van der Waals surface area contributed by atoms with Gasteiger partial charge in [-0.25, -0.2) is 9.97 Å². The van der Waals surface area contributed by atoms with Crippen molar-refractivity contribution < 1.29 is 0 Å². The molecule has 124 valence electrons. The predicted octanol–water partition coefficient (Wildman–Crippen LogP) is 3.25. The third-order valence-electron chi connectivity index (χ3n) is 5.19. The van der Waals surface area contributed by atoms with Crippen molar-refractivity contribution in [3.05, 3.63) is 41.6 Å². The van der Waals surface area contributed by atoms with E-state index in [-0.39, 0.29) is 0 Å². The van der Waals surface area contributed by atoms with Gasteiger partial charge in [-0.2, -0.15) is 5.26 Å². The van der Waals surface area contributed by atoms with E-state index in [9.17, 15) is 5.26 Å². The van der Waals surface area contributed by atoms with Crippen LogP contribution in [0.25, 0.3) is 0 Å². The number of nitriles is 1. The average Bonchev–Trinajstić information content (AvgIpc) is 3.30. The van der Waals surface area contributed by atoms with E-state index < -0.39 is 0 Å². The fourth-order valence-corrected chi connectivity index (χ4v) is 3.63. The van der Waals surface area contributed by atoms with Gasteiger partial charge in [0, 0.05) is 43.6 Å². The molecule has 0 N–H and O–H groups in total. The second-order valence-electron chi connectivity index (χ2n) is 7.08. The molecule has 5 nitrogen and oxygen atoms in total. The van der Waals surface area contributed by atoms with Crippen molar-refractivity contribution in [1.82, 2.24) is 14.5 Å². The lowest BCUT2D eigenvalue weighted by molar-refractivity contribution is 0.456. The molecule has 0 radical (unpaired) electrons. The van der Waals surface area contributed by atoms with Crippen molar-refractivity contribution in [1.29, 1.82) is 5.26 Å². The number of nitrogens with zero attached hydrogens (tertiary/aromatic N) is 5. The summed E-state index contributed by atoms with van der Waals surface area (Å²) in [5.41, 5.74) is 1.64. The number of hydrogen-bond acceptors (Lipinski definition) is 4. The molecule has 0 unspecified atom stereocenters. The summed E-state index contributed by atoms with van der Waals surface area (Å²) >= 11 is 0. The summed E-state index contributed by atoms with van der Waals surface area (Å²) in [6, 6.07) is 6.06. The van der Waals surface area contributed by atoms with Gasteiger partial charge in [-0.1, -0.05) is 0 Å². The Labute approximate surface area is 143 Å². The minimum Gasteiger partial charge on any atom is -0.355 e. The van der Waals surface area contributed by atoms with Gasteiger partial charge in [-0.3, -0.25) is 0 Å². The largest absolute Gasteiger partial charge is 0.355 e. The third-order valence-corrected chi connectivity index (χ3v) is 5.19. The summed E-state index contributed by atoms with van der Waals surface area (Å²) in [5.74, 6) is 3.48. The molecular weight excluding hydrogens is 298 g/mol. The van der Waals surface area contributed by atoms with Crippen LogP contribution < -0.4 is 4.90 Å². The molecule has 5 heteroatoms. The van der Waals surface area contributed by atoms with E-state index in [2.05, 4.69) is 31.7 Å². The number of pyridine rings is 1. The van der Waals surface area contributed by atoms with Gasteiger partial charge in [0.15, 0.2) is 0 Å². The van der Waals surface area contributed by atoms with Crippen molar-refractivity contribution in [2.45, 2.75) is 45.1 Å². The highest BCUT2D eigenvalue weighted by Gasteiger charge is 2.28. The highest BCUT2D eigenvalue weighted by molar-refractivity contribution is 5.54. The number of rotatable bonds is 4. The van der Waals surface area contributed by atoms with Crippen molar-refractivity contribution in [3.8, 4) is 6.07 Å². The molecule has 2 fully saturated rings. The Morgan fingerprint density at radius 1 is 1.21 bits per heavy atom. The van der Waals surface area contributed by atoms with Crippen LogP contribution >= 0.6 is 0 Å². The van der Waals surface area contributed by atoms with Crippen LogP contribution in [0.3, 0.4) is 0 Å². The van der Waals surface area contributed by atoms with Crippen LogP contribution in [0.4, 0.5) is 5.82 Å². The molecular formula is C19H23N5. The molecule has 1 aliphatic carbocycles. The zero-order valence-electron chi connectivity index (χ0n) is 14.1. The number of aromatic nitrogens is 3. The Morgan fingerprint density at radius 2 is 2.00 bits per heavy atom. The minimum atomic E-state index is 0.519. The molecule has 3 heterocycles. The molecule has 2 aromatic rings. The summed E-state index contributed by atoms with van der Waals surface area (Å²) < 4.78 is 2.36. The van der Waals surface area contributed by atoms with Crippen molar-refractivity contribution in [2.75, 3.05) is 18.0 Å². The molecule has 1 aliphatic heterocycles. The Hall–Kier alpha value is -2.35. The molecule has 24 heavy (non-hydrogen) atoms. The molecule has 2 aromatic heterocycles. The molecule has 1 saturated carbocycles. The van der Waals surface area contributed by atoms with E-state index in [4.69, 9.17) is 0 Å². The van der Waals surface area contributed by atoms with Gasteiger partial charge in [0.1, 0.15) is 17.7 Å². The molecule has 0 amide bonds. The van der Waals surface area contributed by atoms with Crippen LogP contribution in [0.1, 0.15) is 48.7 Å². The standard InChI is InChI=1S/C19H23N5/c1-14-2-5-17(12-20)19(22-14)23-9-6-16(7-10-23)18-21-8-11-24(18)13-15-3-4-15/h2,5,8,11,15-16H,3-4,6-7,9-10,13H2,1H3. The maximum Gasteiger partial charge on any atom is 0.146 e. The molecule has 2 aliphatic rings. The summed E-state index contributed by atoms with van der Waals surface area (Å²) in [6.45, 7) is 4.98. The third kappa shape index (κ3) is 3.01. The lowest BCUT2D eigenvalue weighted by atomic mass is 9.95. The van der Waals surface area contributed by atoms with Gasteiger partial charge < -0.3 is 9.47 Å². The lowest BCUT2D eigenvalue weighted by Crippen LogP contribution is -2.35. The first kappa shape index (κ1) is 15.2. The number of anilines is 1. The minimum absolute atomic E-state index is 0.519. The first-order valence-corrected chi connectivity index (χ1v) is 8.88. The molecule has 4 rings (SSSR count).